The van der Waals surface area contributed by atoms with Gasteiger partial charge in [-0.3, -0.25) is 0 Å². The predicted molar refractivity (Wildman–Crippen MR) is 110 cm³/mol. The van der Waals surface area contributed by atoms with Gasteiger partial charge >= 0.3 is 5.97 Å². The molecule has 2 aliphatic heterocycles. The monoisotopic (exact) mass is 405 g/mol. The quantitative estimate of drug-likeness (QED) is 0.415. The SMILES string of the molecule is O=C1OC(c2cccc(Cl)c2)=N/C1=C1/C=C(c2cccs2)Oc2ccccc21. The van der Waals surface area contributed by atoms with Gasteiger partial charge in [-0.1, -0.05) is 41.9 Å². The van der Waals surface area contributed by atoms with Crippen molar-refractivity contribution in [1.29, 1.82) is 0 Å². The Hall–Kier alpha value is -3.15. The number of aliphatic imine (C=N–C) groups is 1. The number of benzene rings is 2. The van der Waals surface area contributed by atoms with Crippen LogP contribution in [0.1, 0.15) is 16.0 Å². The van der Waals surface area contributed by atoms with E-state index in [-0.39, 0.29) is 11.6 Å². The van der Waals surface area contributed by atoms with Crippen LogP contribution in [0, 0.1) is 0 Å². The fourth-order valence-corrected chi connectivity index (χ4v) is 3.96. The molecule has 3 aromatic rings. The molecule has 0 radical (unpaired) electrons. The number of carbonyl (C=O) groups is 1. The van der Waals surface area contributed by atoms with Crippen LogP contribution in [-0.4, -0.2) is 11.9 Å². The lowest BCUT2D eigenvalue weighted by atomic mass is 9.99. The van der Waals surface area contributed by atoms with E-state index >= 15 is 0 Å². The Labute approximate surface area is 170 Å². The van der Waals surface area contributed by atoms with Crippen LogP contribution >= 0.6 is 22.9 Å². The predicted octanol–water partition coefficient (Wildman–Crippen LogP) is 5.55. The number of cyclic esters (lactones) is 1. The summed E-state index contributed by atoms with van der Waals surface area (Å²) in [6, 6.07) is 18.6. The fourth-order valence-electron chi connectivity index (χ4n) is 3.09. The molecule has 0 saturated heterocycles. The largest absolute Gasteiger partial charge is 0.455 e. The van der Waals surface area contributed by atoms with E-state index in [1.54, 1.807) is 35.6 Å². The first kappa shape index (κ1) is 17.0. The van der Waals surface area contributed by atoms with Crippen molar-refractivity contribution >= 4 is 46.1 Å². The van der Waals surface area contributed by atoms with E-state index in [4.69, 9.17) is 21.1 Å². The first-order valence-corrected chi connectivity index (χ1v) is 9.79. The van der Waals surface area contributed by atoms with E-state index in [1.165, 1.54) is 0 Å². The summed E-state index contributed by atoms with van der Waals surface area (Å²) in [5.74, 6) is 1.10. The van der Waals surface area contributed by atoms with Gasteiger partial charge < -0.3 is 9.47 Å². The molecule has 136 valence electrons. The summed E-state index contributed by atoms with van der Waals surface area (Å²) < 4.78 is 11.5. The van der Waals surface area contributed by atoms with Gasteiger partial charge in [-0.05, 0) is 41.8 Å². The molecule has 4 nitrogen and oxygen atoms in total. The third-order valence-corrected chi connectivity index (χ3v) is 5.48. The average molecular weight is 406 g/mol. The normalized spacial score (nSPS) is 18.1. The maximum absolute atomic E-state index is 12.7. The summed E-state index contributed by atoms with van der Waals surface area (Å²) in [5.41, 5.74) is 2.37. The molecule has 0 aliphatic carbocycles. The molecule has 0 bridgehead atoms. The van der Waals surface area contributed by atoms with Gasteiger partial charge in [0.1, 0.15) is 11.5 Å². The average Bonchev–Trinajstić information content (AvgIpc) is 3.37. The topological polar surface area (TPSA) is 47.9 Å². The summed E-state index contributed by atoms with van der Waals surface area (Å²) in [5, 5.41) is 2.53. The Morgan fingerprint density at radius 2 is 1.86 bits per heavy atom. The number of hydrogen-bond acceptors (Lipinski definition) is 5. The summed E-state index contributed by atoms with van der Waals surface area (Å²) in [6.45, 7) is 0. The third kappa shape index (κ3) is 2.95. The van der Waals surface area contributed by atoms with E-state index in [2.05, 4.69) is 4.99 Å². The Kier molecular flexibility index (Phi) is 4.11. The number of carbonyl (C=O) groups excluding carboxylic acids is 1. The Morgan fingerprint density at radius 1 is 0.964 bits per heavy atom. The maximum atomic E-state index is 12.7. The number of para-hydroxylation sites is 1. The van der Waals surface area contributed by atoms with Crippen LogP contribution in [0.15, 0.2) is 82.8 Å². The van der Waals surface area contributed by atoms with Crippen LogP contribution in [0.25, 0.3) is 11.3 Å². The molecule has 2 aliphatic rings. The van der Waals surface area contributed by atoms with Crippen molar-refractivity contribution in [2.24, 2.45) is 4.99 Å². The molecule has 0 atom stereocenters. The molecule has 0 saturated carbocycles. The molecule has 0 fully saturated rings. The second-order valence-electron chi connectivity index (χ2n) is 6.16. The molecule has 6 heteroatoms. The van der Waals surface area contributed by atoms with E-state index in [9.17, 15) is 4.79 Å². The standard InChI is InChI=1S/C22H12ClNO3S/c23-14-6-3-5-13(11-14)21-24-20(22(25)27-21)16-12-18(19-9-4-10-28-19)26-17-8-2-1-7-15(16)17/h1-12H/b20-16-. The van der Waals surface area contributed by atoms with E-state index in [0.29, 0.717) is 27.7 Å². The minimum atomic E-state index is -0.497. The lowest BCUT2D eigenvalue weighted by Gasteiger charge is -2.19. The maximum Gasteiger partial charge on any atom is 0.364 e. The fraction of sp³-hybridized carbons (Fsp3) is 0. The van der Waals surface area contributed by atoms with Crippen LogP contribution in [0.3, 0.4) is 0 Å². The summed E-state index contributed by atoms with van der Waals surface area (Å²) in [4.78, 5) is 18.1. The smallest absolute Gasteiger partial charge is 0.364 e. The number of fused-ring (bicyclic) bond motifs is 1. The summed E-state index contributed by atoms with van der Waals surface area (Å²) in [6.07, 6.45) is 1.84. The van der Waals surface area contributed by atoms with Gasteiger partial charge in [-0.15, -0.1) is 11.3 Å². The highest BCUT2D eigenvalue weighted by molar-refractivity contribution is 7.11. The molecule has 1 aromatic heterocycles. The highest BCUT2D eigenvalue weighted by atomic mass is 35.5. The number of nitrogens with zero attached hydrogens (tertiary/aromatic N) is 1. The summed E-state index contributed by atoms with van der Waals surface area (Å²) in [7, 11) is 0. The zero-order chi connectivity index (χ0) is 19.1. The van der Waals surface area contributed by atoms with Crippen molar-refractivity contribution in [2.75, 3.05) is 0 Å². The molecule has 0 N–H and O–H groups in total. The van der Waals surface area contributed by atoms with Crippen molar-refractivity contribution in [3.05, 3.63) is 98.8 Å². The molecule has 0 spiro atoms. The van der Waals surface area contributed by atoms with Crippen LogP contribution in [0.4, 0.5) is 0 Å². The molecule has 0 amide bonds. The molecule has 3 heterocycles. The Balaban J connectivity index is 1.69. The van der Waals surface area contributed by atoms with Crippen molar-refractivity contribution in [3.8, 4) is 5.75 Å². The molecular weight excluding hydrogens is 394 g/mol. The molecule has 0 unspecified atom stereocenters. The van der Waals surface area contributed by atoms with E-state index in [1.807, 2.05) is 47.9 Å². The lowest BCUT2D eigenvalue weighted by Crippen LogP contribution is -2.08. The van der Waals surface area contributed by atoms with Gasteiger partial charge in [0.2, 0.25) is 5.90 Å². The number of ether oxygens (including phenoxy) is 2. The molecule has 28 heavy (non-hydrogen) atoms. The number of hydrogen-bond donors (Lipinski definition) is 0. The van der Waals surface area contributed by atoms with Crippen molar-refractivity contribution in [1.82, 2.24) is 0 Å². The molecular formula is C22H12ClNO3S. The summed E-state index contributed by atoms with van der Waals surface area (Å²) >= 11 is 7.62. The second kappa shape index (κ2) is 6.78. The Bertz CT molecular complexity index is 1190. The van der Waals surface area contributed by atoms with Gasteiger partial charge in [0.15, 0.2) is 5.70 Å². The van der Waals surface area contributed by atoms with Crippen LogP contribution in [-0.2, 0) is 9.53 Å². The van der Waals surface area contributed by atoms with Gasteiger partial charge in [-0.2, -0.15) is 0 Å². The molecule has 2 aromatic carbocycles. The van der Waals surface area contributed by atoms with Crippen LogP contribution in [0.2, 0.25) is 5.02 Å². The number of thiophene rings is 1. The number of allylic oxidation sites excluding steroid dienone is 2. The van der Waals surface area contributed by atoms with E-state index in [0.717, 1.165) is 10.4 Å². The lowest BCUT2D eigenvalue weighted by molar-refractivity contribution is -0.129. The van der Waals surface area contributed by atoms with Gasteiger partial charge in [0.25, 0.3) is 0 Å². The third-order valence-electron chi connectivity index (χ3n) is 4.36. The number of rotatable bonds is 2. The first-order valence-electron chi connectivity index (χ1n) is 8.53. The highest BCUT2D eigenvalue weighted by Crippen LogP contribution is 2.40. The zero-order valence-electron chi connectivity index (χ0n) is 14.4. The first-order chi connectivity index (χ1) is 13.7. The number of halogens is 1. The zero-order valence-corrected chi connectivity index (χ0v) is 16.0. The van der Waals surface area contributed by atoms with Gasteiger partial charge in [0, 0.05) is 21.7 Å². The molecule has 5 rings (SSSR count). The second-order valence-corrected chi connectivity index (χ2v) is 7.55. The van der Waals surface area contributed by atoms with Gasteiger partial charge in [0.05, 0.1) is 4.88 Å². The van der Waals surface area contributed by atoms with E-state index < -0.39 is 5.97 Å². The van der Waals surface area contributed by atoms with Gasteiger partial charge in [-0.25, -0.2) is 9.79 Å². The highest BCUT2D eigenvalue weighted by Gasteiger charge is 2.30. The van der Waals surface area contributed by atoms with Crippen molar-refractivity contribution in [3.63, 3.8) is 0 Å². The minimum absolute atomic E-state index is 0.241. The van der Waals surface area contributed by atoms with Crippen LogP contribution < -0.4 is 4.74 Å². The van der Waals surface area contributed by atoms with Crippen molar-refractivity contribution in [2.45, 2.75) is 0 Å². The minimum Gasteiger partial charge on any atom is -0.455 e. The number of esters is 1. The Morgan fingerprint density at radius 3 is 2.68 bits per heavy atom. The van der Waals surface area contributed by atoms with Crippen molar-refractivity contribution < 1.29 is 14.3 Å². The van der Waals surface area contributed by atoms with Crippen LogP contribution in [0.5, 0.6) is 5.75 Å².